The Morgan fingerprint density at radius 1 is 1.12 bits per heavy atom. The summed E-state index contributed by atoms with van der Waals surface area (Å²) in [6.45, 7) is 7.09. The van der Waals surface area contributed by atoms with E-state index < -0.39 is 0 Å². The molecule has 1 fully saturated rings. The highest BCUT2D eigenvalue weighted by Gasteiger charge is 2.17. The zero-order valence-electron chi connectivity index (χ0n) is 14.3. The maximum atomic E-state index is 13.6. The molecule has 0 bridgehead atoms. The number of carbonyl (C=O) groups excluding carboxylic acids is 1. The number of likely N-dealkylation sites (N-methyl/N-ethyl adjacent to an activating group) is 1. The third kappa shape index (κ3) is 4.51. The molecule has 7 heteroatoms. The van der Waals surface area contributed by atoms with Crippen molar-refractivity contribution in [3.05, 3.63) is 47.8 Å². The SMILES string of the molecule is CCN1CCN(c2ccc(NC(=O)Cc3ccccc3F)nn2)CC1. The van der Waals surface area contributed by atoms with Crippen LogP contribution in [0.5, 0.6) is 0 Å². The Kier molecular flexibility index (Phi) is 5.55. The molecule has 1 N–H and O–H groups in total. The van der Waals surface area contributed by atoms with Crippen LogP contribution in [-0.2, 0) is 11.2 Å². The van der Waals surface area contributed by atoms with Crippen molar-refractivity contribution >= 4 is 17.5 Å². The van der Waals surface area contributed by atoms with E-state index in [1.54, 1.807) is 24.3 Å². The number of rotatable bonds is 5. The van der Waals surface area contributed by atoms with E-state index in [0.717, 1.165) is 38.5 Å². The monoisotopic (exact) mass is 343 g/mol. The van der Waals surface area contributed by atoms with Crippen molar-refractivity contribution in [2.75, 3.05) is 42.9 Å². The van der Waals surface area contributed by atoms with Crippen molar-refractivity contribution in [2.45, 2.75) is 13.3 Å². The molecule has 1 saturated heterocycles. The van der Waals surface area contributed by atoms with Gasteiger partial charge in [0.1, 0.15) is 5.82 Å². The molecule has 2 aromatic rings. The van der Waals surface area contributed by atoms with Crippen molar-refractivity contribution in [3.63, 3.8) is 0 Å². The summed E-state index contributed by atoms with van der Waals surface area (Å²) in [6.07, 6.45) is -0.0327. The van der Waals surface area contributed by atoms with Gasteiger partial charge in [-0.3, -0.25) is 4.79 Å². The minimum absolute atomic E-state index is 0.0327. The summed E-state index contributed by atoms with van der Waals surface area (Å²) in [7, 11) is 0. The normalized spacial score (nSPS) is 15.2. The van der Waals surface area contributed by atoms with Crippen molar-refractivity contribution in [3.8, 4) is 0 Å². The van der Waals surface area contributed by atoms with Crippen LogP contribution >= 0.6 is 0 Å². The summed E-state index contributed by atoms with van der Waals surface area (Å²) >= 11 is 0. The molecule has 1 aromatic heterocycles. The number of piperazine rings is 1. The summed E-state index contributed by atoms with van der Waals surface area (Å²) < 4.78 is 13.6. The van der Waals surface area contributed by atoms with Gasteiger partial charge in [0.05, 0.1) is 6.42 Å². The van der Waals surface area contributed by atoms with Gasteiger partial charge in [-0.15, -0.1) is 10.2 Å². The van der Waals surface area contributed by atoms with E-state index in [0.29, 0.717) is 11.4 Å². The van der Waals surface area contributed by atoms with Gasteiger partial charge in [0.2, 0.25) is 5.91 Å². The number of amides is 1. The summed E-state index contributed by atoms with van der Waals surface area (Å²) in [5.41, 5.74) is 0.360. The second kappa shape index (κ2) is 8.02. The minimum Gasteiger partial charge on any atom is -0.353 e. The first kappa shape index (κ1) is 17.3. The van der Waals surface area contributed by atoms with Crippen LogP contribution in [0.1, 0.15) is 12.5 Å². The van der Waals surface area contributed by atoms with Gasteiger partial charge in [0.15, 0.2) is 11.6 Å². The lowest BCUT2D eigenvalue weighted by Crippen LogP contribution is -2.46. The Morgan fingerprint density at radius 3 is 2.52 bits per heavy atom. The van der Waals surface area contributed by atoms with Crippen LogP contribution in [-0.4, -0.2) is 53.7 Å². The van der Waals surface area contributed by atoms with Gasteiger partial charge in [0.25, 0.3) is 0 Å². The fourth-order valence-electron chi connectivity index (χ4n) is 2.86. The number of anilines is 2. The number of nitrogens with zero attached hydrogens (tertiary/aromatic N) is 4. The second-order valence-corrected chi connectivity index (χ2v) is 6.01. The predicted octanol–water partition coefficient (Wildman–Crippen LogP) is 1.94. The lowest BCUT2D eigenvalue weighted by Gasteiger charge is -2.34. The van der Waals surface area contributed by atoms with E-state index in [1.807, 2.05) is 6.07 Å². The molecular formula is C18H22FN5O. The van der Waals surface area contributed by atoms with Crippen molar-refractivity contribution in [1.29, 1.82) is 0 Å². The van der Waals surface area contributed by atoms with Crippen molar-refractivity contribution < 1.29 is 9.18 Å². The van der Waals surface area contributed by atoms with Crippen LogP contribution in [0.2, 0.25) is 0 Å². The third-order valence-corrected chi connectivity index (χ3v) is 4.37. The quantitative estimate of drug-likeness (QED) is 0.899. The molecule has 1 aliphatic rings. The average Bonchev–Trinajstić information content (AvgIpc) is 2.64. The Labute approximate surface area is 146 Å². The highest BCUT2D eigenvalue weighted by atomic mass is 19.1. The molecule has 25 heavy (non-hydrogen) atoms. The van der Waals surface area contributed by atoms with Gasteiger partial charge in [-0.25, -0.2) is 4.39 Å². The molecule has 0 spiro atoms. The van der Waals surface area contributed by atoms with Gasteiger partial charge in [-0.05, 0) is 30.3 Å². The lowest BCUT2D eigenvalue weighted by atomic mass is 10.1. The zero-order valence-corrected chi connectivity index (χ0v) is 14.3. The summed E-state index contributed by atoms with van der Waals surface area (Å²) in [5.74, 6) is 0.481. The minimum atomic E-state index is -0.384. The van der Waals surface area contributed by atoms with Crippen molar-refractivity contribution in [1.82, 2.24) is 15.1 Å². The van der Waals surface area contributed by atoms with Crippen LogP contribution in [0.3, 0.4) is 0 Å². The van der Waals surface area contributed by atoms with Gasteiger partial charge in [0, 0.05) is 26.2 Å². The molecule has 1 amide bonds. The summed E-state index contributed by atoms with van der Waals surface area (Å²) in [6, 6.07) is 9.83. The molecule has 2 heterocycles. The topological polar surface area (TPSA) is 61.4 Å². The number of hydrogen-bond donors (Lipinski definition) is 1. The average molecular weight is 343 g/mol. The van der Waals surface area contributed by atoms with Crippen LogP contribution < -0.4 is 10.2 Å². The maximum absolute atomic E-state index is 13.6. The molecule has 0 saturated carbocycles. The fraction of sp³-hybridized carbons (Fsp3) is 0.389. The van der Waals surface area contributed by atoms with E-state index in [9.17, 15) is 9.18 Å². The number of carbonyl (C=O) groups is 1. The van der Waals surface area contributed by atoms with Crippen molar-refractivity contribution in [2.24, 2.45) is 0 Å². The van der Waals surface area contributed by atoms with Gasteiger partial charge < -0.3 is 15.1 Å². The van der Waals surface area contributed by atoms with Gasteiger partial charge >= 0.3 is 0 Å². The van der Waals surface area contributed by atoms with E-state index in [2.05, 4.69) is 32.2 Å². The Balaban J connectivity index is 1.56. The first-order chi connectivity index (χ1) is 12.2. The van der Waals surface area contributed by atoms with Crippen LogP contribution in [0, 0.1) is 5.82 Å². The molecule has 132 valence electrons. The molecule has 3 rings (SSSR count). The van der Waals surface area contributed by atoms with E-state index in [1.165, 1.54) is 6.07 Å². The Morgan fingerprint density at radius 2 is 1.88 bits per heavy atom. The zero-order chi connectivity index (χ0) is 17.6. The molecule has 1 aliphatic heterocycles. The Bertz CT molecular complexity index is 714. The van der Waals surface area contributed by atoms with E-state index in [-0.39, 0.29) is 18.1 Å². The molecule has 0 atom stereocenters. The van der Waals surface area contributed by atoms with Crippen LogP contribution in [0.25, 0.3) is 0 Å². The number of aromatic nitrogens is 2. The Hall–Kier alpha value is -2.54. The standard InChI is InChI=1S/C18H22FN5O/c1-2-23-9-11-24(12-10-23)17-8-7-16(21-22-17)20-18(25)13-14-5-3-4-6-15(14)19/h3-8H,2,9-13H2,1H3,(H,20,21,25). The van der Waals surface area contributed by atoms with E-state index in [4.69, 9.17) is 0 Å². The van der Waals surface area contributed by atoms with E-state index >= 15 is 0 Å². The summed E-state index contributed by atoms with van der Waals surface area (Å²) in [5, 5.41) is 10.9. The first-order valence-electron chi connectivity index (χ1n) is 8.50. The highest BCUT2D eigenvalue weighted by molar-refractivity contribution is 5.91. The molecule has 0 aliphatic carbocycles. The van der Waals surface area contributed by atoms with Crippen LogP contribution in [0.15, 0.2) is 36.4 Å². The van der Waals surface area contributed by atoms with Gasteiger partial charge in [-0.1, -0.05) is 25.1 Å². The molecular weight excluding hydrogens is 321 g/mol. The summed E-state index contributed by atoms with van der Waals surface area (Å²) in [4.78, 5) is 16.6. The number of nitrogens with one attached hydrogen (secondary N) is 1. The molecule has 0 unspecified atom stereocenters. The number of hydrogen-bond acceptors (Lipinski definition) is 5. The van der Waals surface area contributed by atoms with Crippen LogP contribution in [0.4, 0.5) is 16.0 Å². The van der Waals surface area contributed by atoms with Gasteiger partial charge in [-0.2, -0.15) is 0 Å². The second-order valence-electron chi connectivity index (χ2n) is 6.01. The maximum Gasteiger partial charge on any atom is 0.230 e. The highest BCUT2D eigenvalue weighted by Crippen LogP contribution is 2.15. The fourth-order valence-corrected chi connectivity index (χ4v) is 2.86. The number of halogens is 1. The largest absolute Gasteiger partial charge is 0.353 e. The molecule has 0 radical (unpaired) electrons. The lowest BCUT2D eigenvalue weighted by molar-refractivity contribution is -0.115. The third-order valence-electron chi connectivity index (χ3n) is 4.37. The smallest absolute Gasteiger partial charge is 0.230 e. The molecule has 6 nitrogen and oxygen atoms in total. The predicted molar refractivity (Wildman–Crippen MR) is 95.1 cm³/mol. The number of benzene rings is 1. The molecule has 1 aromatic carbocycles. The first-order valence-corrected chi connectivity index (χ1v) is 8.50.